The van der Waals surface area contributed by atoms with Crippen molar-refractivity contribution in [2.45, 2.75) is 39.2 Å². The van der Waals surface area contributed by atoms with Gasteiger partial charge in [0.15, 0.2) is 5.96 Å². The van der Waals surface area contributed by atoms with Gasteiger partial charge in [-0.05, 0) is 42.9 Å². The van der Waals surface area contributed by atoms with Gasteiger partial charge in [0.05, 0.1) is 0 Å². The molecule has 0 saturated carbocycles. The van der Waals surface area contributed by atoms with Gasteiger partial charge in [-0.3, -0.25) is 9.79 Å². The minimum atomic E-state index is 0.0381. The highest BCUT2D eigenvalue weighted by molar-refractivity contribution is 5.94. The molecule has 6 nitrogen and oxygen atoms in total. The summed E-state index contributed by atoms with van der Waals surface area (Å²) >= 11 is 0. The second-order valence-corrected chi connectivity index (χ2v) is 8.26. The molecule has 0 atom stereocenters. The van der Waals surface area contributed by atoms with E-state index in [1.54, 1.807) is 19.0 Å². The van der Waals surface area contributed by atoms with Crippen molar-refractivity contribution >= 4 is 11.9 Å². The summed E-state index contributed by atoms with van der Waals surface area (Å²) in [5.74, 6) is 1.63. The van der Waals surface area contributed by atoms with Crippen molar-refractivity contribution in [3.8, 4) is 0 Å². The molecule has 1 heterocycles. The first kappa shape index (κ1) is 22.2. The van der Waals surface area contributed by atoms with E-state index in [1.807, 2.05) is 25.2 Å². The molecule has 1 aliphatic rings. The number of hydrogen-bond donors (Lipinski definition) is 2. The first-order valence-corrected chi connectivity index (χ1v) is 10.4. The Morgan fingerprint density at radius 1 is 1.29 bits per heavy atom. The Morgan fingerprint density at radius 3 is 2.61 bits per heavy atom. The largest absolute Gasteiger partial charge is 0.356 e. The van der Waals surface area contributed by atoms with Crippen LogP contribution in [-0.2, 0) is 6.42 Å². The van der Waals surface area contributed by atoms with E-state index in [0.29, 0.717) is 6.04 Å². The quantitative estimate of drug-likeness (QED) is 0.556. The number of nitrogens with zero attached hydrogens (tertiary/aromatic N) is 3. The van der Waals surface area contributed by atoms with E-state index in [9.17, 15) is 4.79 Å². The number of likely N-dealkylation sites (tertiary alicyclic amines) is 1. The van der Waals surface area contributed by atoms with Crippen LogP contribution in [0.4, 0.5) is 0 Å². The molecule has 1 aromatic carbocycles. The minimum Gasteiger partial charge on any atom is -0.356 e. The van der Waals surface area contributed by atoms with E-state index in [2.05, 4.69) is 40.4 Å². The molecule has 1 amide bonds. The molecule has 0 unspecified atom stereocenters. The Hall–Kier alpha value is -2.08. The van der Waals surface area contributed by atoms with Gasteiger partial charge in [0, 0.05) is 58.9 Å². The van der Waals surface area contributed by atoms with Crippen LogP contribution in [0.5, 0.6) is 0 Å². The number of amides is 1. The number of carbonyl (C=O) groups is 1. The maximum Gasteiger partial charge on any atom is 0.253 e. The van der Waals surface area contributed by atoms with E-state index in [-0.39, 0.29) is 5.91 Å². The molecular weight excluding hydrogens is 350 g/mol. The van der Waals surface area contributed by atoms with Crippen LogP contribution in [0.25, 0.3) is 0 Å². The maximum absolute atomic E-state index is 12.1. The molecule has 2 rings (SSSR count). The van der Waals surface area contributed by atoms with Crippen LogP contribution in [-0.4, -0.2) is 75.0 Å². The van der Waals surface area contributed by atoms with Crippen LogP contribution in [0.2, 0.25) is 0 Å². The van der Waals surface area contributed by atoms with Gasteiger partial charge < -0.3 is 20.4 Å². The Morgan fingerprint density at radius 2 is 2.00 bits per heavy atom. The molecule has 0 aromatic heterocycles. The standard InChI is InChI=1S/C22H37N5O/c1-17(2)16-27-13-10-20(11-14-27)25-22(23-3)24-12-9-18-7-6-8-19(15-18)21(28)26(4)5/h6-8,15,17,20H,9-14,16H2,1-5H3,(H2,23,24,25). The van der Waals surface area contributed by atoms with Crippen molar-refractivity contribution in [3.05, 3.63) is 35.4 Å². The first-order chi connectivity index (χ1) is 13.4. The molecule has 0 spiro atoms. The summed E-state index contributed by atoms with van der Waals surface area (Å²) in [6.07, 6.45) is 3.16. The van der Waals surface area contributed by atoms with Crippen molar-refractivity contribution in [1.82, 2.24) is 20.4 Å². The summed E-state index contributed by atoms with van der Waals surface area (Å²) < 4.78 is 0. The second kappa shape index (κ2) is 11.1. The van der Waals surface area contributed by atoms with Gasteiger partial charge in [0.25, 0.3) is 5.91 Å². The molecule has 2 N–H and O–H groups in total. The lowest BCUT2D eigenvalue weighted by Gasteiger charge is -2.34. The molecule has 1 aliphatic heterocycles. The zero-order valence-corrected chi connectivity index (χ0v) is 18.2. The van der Waals surface area contributed by atoms with Crippen LogP contribution in [0, 0.1) is 5.92 Å². The van der Waals surface area contributed by atoms with E-state index < -0.39 is 0 Å². The predicted octanol–water partition coefficient (Wildman–Crippen LogP) is 2.22. The Bertz CT molecular complexity index is 648. The van der Waals surface area contributed by atoms with Crippen LogP contribution in [0.3, 0.4) is 0 Å². The molecule has 28 heavy (non-hydrogen) atoms. The van der Waals surface area contributed by atoms with E-state index in [4.69, 9.17) is 0 Å². The summed E-state index contributed by atoms with van der Waals surface area (Å²) in [6.45, 7) is 8.84. The third-order valence-electron chi connectivity index (χ3n) is 5.06. The number of nitrogens with one attached hydrogen (secondary N) is 2. The van der Waals surface area contributed by atoms with Crippen LogP contribution in [0.1, 0.15) is 42.6 Å². The molecule has 0 bridgehead atoms. The van der Waals surface area contributed by atoms with Gasteiger partial charge in [0.2, 0.25) is 0 Å². The number of piperidine rings is 1. The first-order valence-electron chi connectivity index (χ1n) is 10.4. The van der Waals surface area contributed by atoms with Crippen LogP contribution < -0.4 is 10.6 Å². The average molecular weight is 388 g/mol. The van der Waals surface area contributed by atoms with Gasteiger partial charge in [-0.15, -0.1) is 0 Å². The van der Waals surface area contributed by atoms with Crippen molar-refractivity contribution in [2.24, 2.45) is 10.9 Å². The van der Waals surface area contributed by atoms with Crippen molar-refractivity contribution in [2.75, 3.05) is 47.3 Å². The third-order valence-corrected chi connectivity index (χ3v) is 5.06. The summed E-state index contributed by atoms with van der Waals surface area (Å²) in [5, 5.41) is 6.97. The SMILES string of the molecule is CN=C(NCCc1cccc(C(=O)N(C)C)c1)NC1CCN(CC(C)C)CC1. The fourth-order valence-corrected chi connectivity index (χ4v) is 3.61. The predicted molar refractivity (Wildman–Crippen MR) is 117 cm³/mol. The van der Waals surface area contributed by atoms with Crippen molar-refractivity contribution < 1.29 is 4.79 Å². The molecule has 1 fully saturated rings. The number of rotatable bonds is 7. The second-order valence-electron chi connectivity index (χ2n) is 8.26. The normalized spacial score (nSPS) is 16.3. The van der Waals surface area contributed by atoms with E-state index >= 15 is 0 Å². The van der Waals surface area contributed by atoms with Gasteiger partial charge in [-0.2, -0.15) is 0 Å². The summed E-state index contributed by atoms with van der Waals surface area (Å²) in [5.41, 5.74) is 1.89. The molecule has 0 radical (unpaired) electrons. The molecular formula is C22H37N5O. The Kier molecular flexibility index (Phi) is 8.77. The zero-order valence-electron chi connectivity index (χ0n) is 18.2. The lowest BCUT2D eigenvalue weighted by atomic mass is 10.0. The van der Waals surface area contributed by atoms with Gasteiger partial charge in [0.1, 0.15) is 0 Å². The summed E-state index contributed by atoms with van der Waals surface area (Å²) in [6, 6.07) is 8.34. The molecule has 1 aromatic rings. The molecule has 1 saturated heterocycles. The zero-order chi connectivity index (χ0) is 20.5. The highest BCUT2D eigenvalue weighted by Gasteiger charge is 2.20. The topological polar surface area (TPSA) is 60.0 Å². The summed E-state index contributed by atoms with van der Waals surface area (Å²) in [7, 11) is 5.37. The molecule has 6 heteroatoms. The Labute approximate surface area is 170 Å². The number of carbonyl (C=O) groups excluding carboxylic acids is 1. The number of hydrogen-bond acceptors (Lipinski definition) is 3. The Balaban J connectivity index is 1.76. The fraction of sp³-hybridized carbons (Fsp3) is 0.636. The molecule has 156 valence electrons. The lowest BCUT2D eigenvalue weighted by molar-refractivity contribution is 0.0827. The number of aliphatic imine (C=N–C) groups is 1. The molecule has 0 aliphatic carbocycles. The highest BCUT2D eigenvalue weighted by atomic mass is 16.2. The van der Waals surface area contributed by atoms with E-state index in [0.717, 1.165) is 61.9 Å². The highest BCUT2D eigenvalue weighted by Crippen LogP contribution is 2.12. The third kappa shape index (κ3) is 7.15. The summed E-state index contributed by atoms with van der Waals surface area (Å²) in [4.78, 5) is 20.6. The maximum atomic E-state index is 12.1. The average Bonchev–Trinajstić information content (AvgIpc) is 2.67. The number of benzene rings is 1. The van der Waals surface area contributed by atoms with Gasteiger partial charge in [-0.25, -0.2) is 0 Å². The smallest absolute Gasteiger partial charge is 0.253 e. The lowest BCUT2D eigenvalue weighted by Crippen LogP contribution is -2.49. The van der Waals surface area contributed by atoms with Gasteiger partial charge >= 0.3 is 0 Å². The van der Waals surface area contributed by atoms with Crippen molar-refractivity contribution in [3.63, 3.8) is 0 Å². The van der Waals surface area contributed by atoms with Gasteiger partial charge in [-0.1, -0.05) is 26.0 Å². The minimum absolute atomic E-state index is 0.0381. The van der Waals surface area contributed by atoms with Crippen LogP contribution >= 0.6 is 0 Å². The number of guanidine groups is 1. The van der Waals surface area contributed by atoms with E-state index in [1.165, 1.54) is 6.54 Å². The van der Waals surface area contributed by atoms with Crippen LogP contribution in [0.15, 0.2) is 29.3 Å². The monoisotopic (exact) mass is 387 g/mol. The fourth-order valence-electron chi connectivity index (χ4n) is 3.61. The van der Waals surface area contributed by atoms with Crippen molar-refractivity contribution in [1.29, 1.82) is 0 Å².